The second-order valence-corrected chi connectivity index (χ2v) is 18.2. The Balaban J connectivity index is 1.13. The number of nitriles is 1. The van der Waals surface area contributed by atoms with E-state index in [2.05, 4.69) is 206 Å². The lowest BCUT2D eigenvalue weighted by Crippen LogP contribution is -2.35. The van der Waals surface area contributed by atoms with Gasteiger partial charge in [-0.25, -0.2) is 0 Å². The van der Waals surface area contributed by atoms with Crippen molar-refractivity contribution in [1.29, 1.82) is 5.26 Å². The average Bonchev–Trinajstić information content (AvgIpc) is 3.36. The molecule has 0 aromatic heterocycles. The molecule has 2 heteroatoms. The molecule has 2 N–H and O–H groups in total. The fraction of sp³-hybridized carbons (Fsp3) is 0.0635. The van der Waals surface area contributed by atoms with Crippen LogP contribution in [0.1, 0.15) is 12.0 Å². The van der Waals surface area contributed by atoms with E-state index in [1.807, 2.05) is 0 Å². The first kappa shape index (κ1) is 36.3. The number of allylic oxidation sites excluding steroid dienone is 12. The number of hydrogen-bond acceptors (Lipinski definition) is 2. The Kier molecular flexibility index (Phi) is 7.60. The van der Waals surface area contributed by atoms with E-state index in [9.17, 15) is 5.26 Å². The van der Waals surface area contributed by atoms with Gasteiger partial charge in [0.1, 0.15) is 6.07 Å². The second-order valence-electron chi connectivity index (χ2n) is 18.2. The van der Waals surface area contributed by atoms with Crippen molar-refractivity contribution in [2.75, 3.05) is 0 Å². The van der Waals surface area contributed by atoms with Crippen LogP contribution in [0.3, 0.4) is 0 Å². The smallest absolute Gasteiger partial charge is 0.100 e. The van der Waals surface area contributed by atoms with Crippen molar-refractivity contribution >= 4 is 86.7 Å². The predicted molar refractivity (Wildman–Crippen MR) is 271 cm³/mol. The molecule has 0 saturated carbocycles. The zero-order valence-electron chi connectivity index (χ0n) is 35.5. The van der Waals surface area contributed by atoms with Crippen LogP contribution < -0.4 is 16.2 Å². The Morgan fingerprint density at radius 1 is 0.508 bits per heavy atom. The lowest BCUT2D eigenvalue weighted by atomic mass is 9.59. The third-order valence-corrected chi connectivity index (χ3v) is 15.2. The van der Waals surface area contributed by atoms with Gasteiger partial charge in [0.25, 0.3) is 0 Å². The molecule has 10 aromatic rings. The van der Waals surface area contributed by atoms with Gasteiger partial charge in [-0.2, -0.15) is 5.26 Å². The van der Waals surface area contributed by atoms with Crippen molar-refractivity contribution in [3.8, 4) is 6.07 Å². The van der Waals surface area contributed by atoms with E-state index >= 15 is 0 Å². The SMILES string of the molecule is N#CC(C1=CC=C2C=CC3=CC=CC4CC=C1C2C34)=c1c2ccccc2c(=c2c3ccccc3c(=C(N)c3ccc4ccc5cccc6ccc3c4c56)c3ccccc23)c2ccccc12. The average molecular weight is 825 g/mol. The molecular formula is C63H40N2. The van der Waals surface area contributed by atoms with Crippen LogP contribution in [0.25, 0.3) is 86.7 Å². The molecule has 0 radical (unpaired) electrons. The van der Waals surface area contributed by atoms with Gasteiger partial charge in [-0.3, -0.25) is 0 Å². The topological polar surface area (TPSA) is 49.8 Å². The number of nitrogens with zero attached hydrogens (tertiary/aromatic N) is 1. The zero-order valence-corrected chi connectivity index (χ0v) is 35.5. The van der Waals surface area contributed by atoms with Crippen LogP contribution >= 0.6 is 0 Å². The first-order valence-corrected chi connectivity index (χ1v) is 22.8. The summed E-state index contributed by atoms with van der Waals surface area (Å²) in [6.07, 6.45) is 19.4. The van der Waals surface area contributed by atoms with Crippen LogP contribution in [0.15, 0.2) is 223 Å². The summed E-state index contributed by atoms with van der Waals surface area (Å²) in [5.41, 5.74) is 15.2. The van der Waals surface area contributed by atoms with Gasteiger partial charge < -0.3 is 5.73 Å². The number of fused-ring (bicyclic) bond motifs is 4. The van der Waals surface area contributed by atoms with Crippen LogP contribution in [0.5, 0.6) is 0 Å². The monoisotopic (exact) mass is 824 g/mol. The molecular weight excluding hydrogens is 785 g/mol. The standard InChI is InChI=1S/C63H40N2/c64-35-54(42-31-27-40-25-23-36-11-9-13-38-28-32-51(42)57(40)55(36)38)59-43-15-1-3-17-45(43)60(46-18-4-2-16-44(46)59)61-47-19-5-7-21-49(47)62(50-22-8-6-20-48(50)61)63(65)53-34-30-41-26-24-37-12-10-14-39-29-33-52(53)58(41)56(37)39/h1-27,29-34,38,55,57H,28,65H2. The highest BCUT2D eigenvalue weighted by Gasteiger charge is 2.42. The molecule has 2 nitrogen and oxygen atoms in total. The van der Waals surface area contributed by atoms with E-state index in [1.165, 1.54) is 54.1 Å². The summed E-state index contributed by atoms with van der Waals surface area (Å²) in [5, 5.41) is 32.1. The van der Waals surface area contributed by atoms with Gasteiger partial charge in [0, 0.05) is 33.5 Å². The van der Waals surface area contributed by atoms with Crippen molar-refractivity contribution in [2.45, 2.75) is 6.42 Å². The van der Waals surface area contributed by atoms with E-state index in [1.54, 1.807) is 0 Å². The fourth-order valence-electron chi connectivity index (χ4n) is 12.5. The van der Waals surface area contributed by atoms with Crippen molar-refractivity contribution in [2.24, 2.45) is 23.5 Å². The normalized spacial score (nSPS) is 18.5. The molecule has 0 aliphatic heterocycles. The highest BCUT2D eigenvalue weighted by molar-refractivity contribution is 6.24. The molecule has 3 atom stereocenters. The number of rotatable bonds is 2. The van der Waals surface area contributed by atoms with Crippen LogP contribution in [0.2, 0.25) is 0 Å². The van der Waals surface area contributed by atoms with E-state index < -0.39 is 0 Å². The summed E-state index contributed by atoms with van der Waals surface area (Å²) in [7, 11) is 0. The Morgan fingerprint density at radius 3 is 1.66 bits per heavy atom. The molecule has 0 heterocycles. The minimum Gasteiger partial charge on any atom is -0.398 e. The zero-order chi connectivity index (χ0) is 42.9. The molecule has 0 bridgehead atoms. The summed E-state index contributed by atoms with van der Waals surface area (Å²) in [6.45, 7) is 0. The predicted octanol–water partition coefficient (Wildman–Crippen LogP) is 13.4. The fourth-order valence-corrected chi connectivity index (χ4v) is 12.5. The van der Waals surface area contributed by atoms with Gasteiger partial charge in [-0.1, -0.05) is 200 Å². The highest BCUT2D eigenvalue weighted by atomic mass is 14.6. The van der Waals surface area contributed by atoms with Crippen molar-refractivity contribution < 1.29 is 0 Å². The van der Waals surface area contributed by atoms with E-state index in [0.29, 0.717) is 11.8 Å². The second kappa shape index (κ2) is 13.6. The van der Waals surface area contributed by atoms with Gasteiger partial charge in [-0.15, -0.1) is 0 Å². The molecule has 0 fully saturated rings. The lowest BCUT2D eigenvalue weighted by molar-refractivity contribution is 0.357. The van der Waals surface area contributed by atoms with Crippen molar-refractivity contribution in [3.63, 3.8) is 0 Å². The van der Waals surface area contributed by atoms with Gasteiger partial charge in [0.15, 0.2) is 0 Å². The minimum atomic E-state index is 0.233. The van der Waals surface area contributed by atoms with Crippen LogP contribution in [-0.4, -0.2) is 0 Å². The summed E-state index contributed by atoms with van der Waals surface area (Å²) < 4.78 is 0. The molecule has 10 aromatic carbocycles. The Bertz CT molecular complexity index is 4160. The summed E-state index contributed by atoms with van der Waals surface area (Å²) in [6, 6.07) is 57.9. The maximum Gasteiger partial charge on any atom is 0.100 e. The first-order chi connectivity index (χ1) is 32.2. The Labute approximate surface area is 375 Å². The van der Waals surface area contributed by atoms with E-state index in [4.69, 9.17) is 5.73 Å². The van der Waals surface area contributed by atoms with Gasteiger partial charge >= 0.3 is 0 Å². The molecule has 4 aliphatic rings. The molecule has 65 heavy (non-hydrogen) atoms. The number of nitrogens with two attached hydrogens (primary N) is 1. The van der Waals surface area contributed by atoms with E-state index in [0.717, 1.165) is 87.7 Å². The summed E-state index contributed by atoms with van der Waals surface area (Å²) >= 11 is 0. The first-order valence-electron chi connectivity index (χ1n) is 22.8. The van der Waals surface area contributed by atoms with Gasteiger partial charge in [0.2, 0.25) is 0 Å². The van der Waals surface area contributed by atoms with Gasteiger partial charge in [-0.05, 0) is 120 Å². The minimum absolute atomic E-state index is 0.233. The highest BCUT2D eigenvalue weighted by Crippen LogP contribution is 2.53. The third kappa shape index (κ3) is 4.98. The largest absolute Gasteiger partial charge is 0.398 e. The Hall–Kier alpha value is -8.25. The van der Waals surface area contributed by atoms with Crippen molar-refractivity contribution in [1.82, 2.24) is 0 Å². The quantitative estimate of drug-likeness (QED) is 0.139. The van der Waals surface area contributed by atoms with Crippen LogP contribution in [-0.2, 0) is 0 Å². The molecule has 4 aliphatic carbocycles. The van der Waals surface area contributed by atoms with Crippen LogP contribution in [0.4, 0.5) is 0 Å². The maximum atomic E-state index is 11.5. The molecule has 0 amide bonds. The van der Waals surface area contributed by atoms with E-state index in [-0.39, 0.29) is 5.92 Å². The van der Waals surface area contributed by atoms with Crippen LogP contribution in [0, 0.1) is 39.5 Å². The summed E-state index contributed by atoms with van der Waals surface area (Å²) in [4.78, 5) is 0. The van der Waals surface area contributed by atoms with Crippen molar-refractivity contribution in [3.05, 3.63) is 249 Å². The summed E-state index contributed by atoms with van der Waals surface area (Å²) in [5.74, 6) is 1.09. The molecule has 0 spiro atoms. The molecule has 14 rings (SSSR count). The van der Waals surface area contributed by atoms with Gasteiger partial charge in [0.05, 0.1) is 5.57 Å². The Morgan fingerprint density at radius 2 is 1.05 bits per heavy atom. The number of hydrogen-bond donors (Lipinski definition) is 1. The molecule has 0 saturated heterocycles. The number of benzene rings is 10. The molecule has 302 valence electrons. The maximum absolute atomic E-state index is 11.5. The molecule has 3 unspecified atom stereocenters. The lowest BCUT2D eigenvalue weighted by Gasteiger charge is -2.44. The third-order valence-electron chi connectivity index (χ3n) is 15.2.